The van der Waals surface area contributed by atoms with Gasteiger partial charge in [0.05, 0.1) is 5.57 Å². The number of carbonyl (C=O) groups is 1. The molecule has 0 heterocycles. The van der Waals surface area contributed by atoms with Crippen LogP contribution in [0.1, 0.15) is 12.8 Å². The third kappa shape index (κ3) is 1.72. The molecular weight excluding hydrogens is 224 g/mol. The van der Waals surface area contributed by atoms with Crippen LogP contribution in [-0.4, -0.2) is 20.9 Å². The first kappa shape index (κ1) is 10.8. The lowest BCUT2D eigenvalue weighted by atomic mass is 9.89. The van der Waals surface area contributed by atoms with Gasteiger partial charge < -0.3 is 10.2 Å². The van der Waals surface area contributed by atoms with Crippen LogP contribution in [0.4, 0.5) is 0 Å². The molecule has 2 aliphatic carbocycles. The highest BCUT2D eigenvalue weighted by molar-refractivity contribution is 7.80. The molecule has 0 unspecified atom stereocenters. The van der Waals surface area contributed by atoms with Gasteiger partial charge in [-0.3, -0.25) is 4.79 Å². The summed E-state index contributed by atoms with van der Waals surface area (Å²) >= 11 is 5.13. The smallest absolute Gasteiger partial charge is 0.171 e. The molecular formula is C12H10O3S. The number of allylic oxidation sites excluding steroid dienone is 6. The van der Waals surface area contributed by atoms with Crippen molar-refractivity contribution in [3.8, 4) is 0 Å². The van der Waals surface area contributed by atoms with Crippen LogP contribution in [-0.2, 0) is 4.79 Å². The number of Topliss-reactive ketones (excluding diaryl/α,β-unsaturated/α-hetero) is 1. The summed E-state index contributed by atoms with van der Waals surface area (Å²) in [6, 6.07) is 0. The first-order valence-corrected chi connectivity index (χ1v) is 5.28. The van der Waals surface area contributed by atoms with Gasteiger partial charge in [-0.25, -0.2) is 0 Å². The van der Waals surface area contributed by atoms with Crippen LogP contribution >= 0.6 is 12.2 Å². The van der Waals surface area contributed by atoms with E-state index in [1.807, 2.05) is 6.08 Å². The zero-order valence-electron chi connectivity index (χ0n) is 8.43. The molecule has 0 aromatic rings. The van der Waals surface area contributed by atoms with E-state index in [-0.39, 0.29) is 29.3 Å². The van der Waals surface area contributed by atoms with Crippen LogP contribution in [0.3, 0.4) is 0 Å². The Morgan fingerprint density at radius 3 is 2.69 bits per heavy atom. The molecule has 0 saturated heterocycles. The molecule has 0 atom stereocenters. The second kappa shape index (κ2) is 4.06. The number of aliphatic hydroxyl groups is 2. The summed E-state index contributed by atoms with van der Waals surface area (Å²) in [4.78, 5) is 12.3. The number of hydrogen-bond acceptors (Lipinski definition) is 4. The Morgan fingerprint density at radius 2 is 2.00 bits per heavy atom. The SMILES string of the molecule is O=C1CC=C(O)C(O)=C1C1=CC=CCC1=S. The molecule has 16 heavy (non-hydrogen) atoms. The van der Waals surface area contributed by atoms with Gasteiger partial charge in [0, 0.05) is 23.3 Å². The summed E-state index contributed by atoms with van der Waals surface area (Å²) in [6.07, 6.45) is 7.32. The first-order valence-electron chi connectivity index (χ1n) is 4.87. The Labute approximate surface area is 98.1 Å². The van der Waals surface area contributed by atoms with Gasteiger partial charge in [-0.15, -0.1) is 0 Å². The van der Waals surface area contributed by atoms with Crippen LogP contribution in [0, 0.1) is 0 Å². The van der Waals surface area contributed by atoms with Crippen molar-refractivity contribution in [2.24, 2.45) is 0 Å². The maximum Gasteiger partial charge on any atom is 0.171 e. The van der Waals surface area contributed by atoms with E-state index in [2.05, 4.69) is 0 Å². The second-order valence-electron chi connectivity index (χ2n) is 3.58. The van der Waals surface area contributed by atoms with Crippen LogP contribution in [0.15, 0.2) is 47.0 Å². The van der Waals surface area contributed by atoms with Crippen molar-refractivity contribution in [1.29, 1.82) is 0 Å². The average molecular weight is 234 g/mol. The maximum atomic E-state index is 11.7. The van der Waals surface area contributed by atoms with E-state index in [9.17, 15) is 15.0 Å². The van der Waals surface area contributed by atoms with Gasteiger partial charge in [-0.05, 0) is 6.08 Å². The second-order valence-corrected chi connectivity index (χ2v) is 4.07. The van der Waals surface area contributed by atoms with Crippen LogP contribution in [0.25, 0.3) is 0 Å². The molecule has 0 aromatic carbocycles. The Bertz CT molecular complexity index is 492. The fourth-order valence-electron chi connectivity index (χ4n) is 1.69. The normalized spacial score (nSPS) is 21.0. The van der Waals surface area contributed by atoms with Crippen LogP contribution in [0.5, 0.6) is 0 Å². The zero-order valence-corrected chi connectivity index (χ0v) is 9.25. The van der Waals surface area contributed by atoms with Crippen molar-refractivity contribution >= 4 is 22.9 Å². The number of hydrogen-bond donors (Lipinski definition) is 2. The molecule has 0 radical (unpaired) electrons. The summed E-state index contributed by atoms with van der Waals surface area (Å²) in [5.74, 6) is -0.854. The van der Waals surface area contributed by atoms with Crippen LogP contribution < -0.4 is 0 Å². The fourth-order valence-corrected chi connectivity index (χ4v) is 1.96. The number of carbonyl (C=O) groups excluding carboxylic acids is 1. The minimum absolute atomic E-state index is 0.0922. The van der Waals surface area contributed by atoms with Crippen molar-refractivity contribution in [1.82, 2.24) is 0 Å². The molecule has 0 aliphatic heterocycles. The number of aliphatic hydroxyl groups excluding tert-OH is 2. The van der Waals surface area contributed by atoms with E-state index >= 15 is 0 Å². The van der Waals surface area contributed by atoms with Crippen LogP contribution in [0.2, 0.25) is 0 Å². The molecule has 0 saturated carbocycles. The lowest BCUT2D eigenvalue weighted by Gasteiger charge is -2.17. The van der Waals surface area contributed by atoms with Gasteiger partial charge in [0.2, 0.25) is 0 Å². The van der Waals surface area contributed by atoms with E-state index in [1.165, 1.54) is 6.08 Å². The summed E-state index contributed by atoms with van der Waals surface area (Å²) in [5.41, 5.74) is 0.675. The number of rotatable bonds is 1. The Kier molecular flexibility index (Phi) is 2.75. The summed E-state index contributed by atoms with van der Waals surface area (Å²) in [6.45, 7) is 0. The topological polar surface area (TPSA) is 57.5 Å². The summed E-state index contributed by atoms with van der Waals surface area (Å²) in [5, 5.41) is 19.1. The molecule has 0 amide bonds. The third-order valence-electron chi connectivity index (χ3n) is 2.51. The Balaban J connectivity index is 2.53. The Hall–Kier alpha value is -1.68. The van der Waals surface area contributed by atoms with Gasteiger partial charge in [0.15, 0.2) is 17.3 Å². The van der Waals surface area contributed by atoms with Crippen molar-refractivity contribution in [2.45, 2.75) is 12.8 Å². The lowest BCUT2D eigenvalue weighted by Crippen LogP contribution is -2.17. The lowest BCUT2D eigenvalue weighted by molar-refractivity contribution is -0.114. The van der Waals surface area contributed by atoms with Gasteiger partial charge in [-0.1, -0.05) is 30.4 Å². The molecule has 2 aliphatic rings. The predicted molar refractivity (Wildman–Crippen MR) is 64.4 cm³/mol. The minimum atomic E-state index is -0.375. The fraction of sp³-hybridized carbons (Fsp3) is 0.167. The maximum absolute atomic E-state index is 11.7. The van der Waals surface area contributed by atoms with E-state index in [4.69, 9.17) is 12.2 Å². The largest absolute Gasteiger partial charge is 0.504 e. The quantitative estimate of drug-likeness (QED) is 0.684. The van der Waals surface area contributed by atoms with Gasteiger partial charge in [0.25, 0.3) is 0 Å². The van der Waals surface area contributed by atoms with E-state index in [0.29, 0.717) is 16.9 Å². The molecule has 3 nitrogen and oxygen atoms in total. The molecule has 0 spiro atoms. The standard InChI is InChI=1S/C12H10O3S/c13-8-5-6-9(14)12(15)11(8)7-3-1-2-4-10(7)16/h1-3,6,14-15H,4-5H2. The predicted octanol–water partition coefficient (Wildman–Crippen LogP) is 2.47. The Morgan fingerprint density at radius 1 is 1.25 bits per heavy atom. The van der Waals surface area contributed by atoms with E-state index < -0.39 is 0 Å². The van der Waals surface area contributed by atoms with Crippen molar-refractivity contribution in [3.05, 3.63) is 47.0 Å². The highest BCUT2D eigenvalue weighted by Gasteiger charge is 2.26. The summed E-state index contributed by atoms with van der Waals surface area (Å²) < 4.78 is 0. The minimum Gasteiger partial charge on any atom is -0.504 e. The number of thiocarbonyl (C=S) groups is 1. The first-order chi connectivity index (χ1) is 7.61. The highest BCUT2D eigenvalue weighted by Crippen LogP contribution is 2.28. The highest BCUT2D eigenvalue weighted by atomic mass is 32.1. The van der Waals surface area contributed by atoms with Gasteiger partial charge in [0.1, 0.15) is 0 Å². The molecule has 2 rings (SSSR count). The van der Waals surface area contributed by atoms with E-state index in [1.54, 1.807) is 12.2 Å². The molecule has 0 aromatic heterocycles. The van der Waals surface area contributed by atoms with Crippen molar-refractivity contribution in [2.75, 3.05) is 0 Å². The molecule has 2 N–H and O–H groups in total. The molecule has 0 bridgehead atoms. The summed E-state index contributed by atoms with van der Waals surface area (Å²) in [7, 11) is 0. The van der Waals surface area contributed by atoms with Crippen molar-refractivity contribution < 1.29 is 15.0 Å². The average Bonchev–Trinajstić information content (AvgIpc) is 2.27. The number of ketones is 1. The monoisotopic (exact) mass is 234 g/mol. The van der Waals surface area contributed by atoms with Gasteiger partial charge >= 0.3 is 0 Å². The van der Waals surface area contributed by atoms with Crippen molar-refractivity contribution in [3.63, 3.8) is 0 Å². The molecule has 4 heteroatoms. The molecule has 82 valence electrons. The molecule has 0 fully saturated rings. The van der Waals surface area contributed by atoms with E-state index in [0.717, 1.165) is 0 Å². The zero-order chi connectivity index (χ0) is 11.7. The third-order valence-corrected chi connectivity index (χ3v) is 2.90. The van der Waals surface area contributed by atoms with Gasteiger partial charge in [-0.2, -0.15) is 0 Å².